The Morgan fingerprint density at radius 2 is 2.36 bits per heavy atom. The number of hydrogen-bond donors (Lipinski definition) is 0. The lowest BCUT2D eigenvalue weighted by molar-refractivity contribution is 0.117. The summed E-state index contributed by atoms with van der Waals surface area (Å²) in [7, 11) is 3.97. The van der Waals surface area contributed by atoms with Crippen molar-refractivity contribution in [2.45, 2.75) is 6.04 Å². The summed E-state index contributed by atoms with van der Waals surface area (Å²) in [6, 6.07) is 0.634. The summed E-state index contributed by atoms with van der Waals surface area (Å²) in [5, 5.41) is 0. The molecule has 0 saturated carbocycles. The monoisotopic (exact) mass is 153 g/mol. The molecule has 3 atom stereocenters. The number of nitrogens with zero attached hydrogens (tertiary/aromatic N) is 1. The smallest absolute Gasteiger partial charge is 0.0623 e. The average molecular weight is 153 g/mol. The molecule has 2 nitrogen and oxygen atoms in total. The van der Waals surface area contributed by atoms with E-state index < -0.39 is 0 Å². The molecule has 1 saturated heterocycles. The van der Waals surface area contributed by atoms with Crippen molar-refractivity contribution in [1.29, 1.82) is 0 Å². The van der Waals surface area contributed by atoms with E-state index in [0.29, 0.717) is 6.04 Å². The Kier molecular flexibility index (Phi) is 1.74. The highest BCUT2D eigenvalue weighted by molar-refractivity contribution is 5.17. The Hall–Kier alpha value is -0.340. The first-order valence-corrected chi connectivity index (χ1v) is 4.20. The molecular weight excluding hydrogens is 138 g/mol. The maximum Gasteiger partial charge on any atom is 0.0623 e. The molecule has 1 aliphatic carbocycles. The second-order valence-electron chi connectivity index (χ2n) is 3.59. The summed E-state index contributed by atoms with van der Waals surface area (Å²) in [4.78, 5) is 2.40. The van der Waals surface area contributed by atoms with Crippen molar-refractivity contribution >= 4 is 0 Å². The van der Waals surface area contributed by atoms with Crippen molar-refractivity contribution < 1.29 is 4.74 Å². The second-order valence-corrected chi connectivity index (χ2v) is 3.59. The largest absolute Gasteiger partial charge is 0.383 e. The van der Waals surface area contributed by atoms with E-state index in [1.165, 1.54) is 6.54 Å². The molecule has 0 aromatic heterocycles. The van der Waals surface area contributed by atoms with E-state index in [1.807, 2.05) is 0 Å². The van der Waals surface area contributed by atoms with Crippen LogP contribution in [0.3, 0.4) is 0 Å². The normalized spacial score (nSPS) is 42.2. The molecule has 0 bridgehead atoms. The third kappa shape index (κ3) is 1.01. The molecular formula is C9H15NO. The van der Waals surface area contributed by atoms with E-state index in [-0.39, 0.29) is 0 Å². The van der Waals surface area contributed by atoms with Gasteiger partial charge in [-0.05, 0) is 13.0 Å². The van der Waals surface area contributed by atoms with Crippen LogP contribution in [0.4, 0.5) is 0 Å². The molecule has 0 aromatic carbocycles. The van der Waals surface area contributed by atoms with E-state index in [1.54, 1.807) is 7.11 Å². The molecule has 2 aliphatic rings. The van der Waals surface area contributed by atoms with Crippen molar-refractivity contribution in [1.82, 2.24) is 4.90 Å². The van der Waals surface area contributed by atoms with Crippen molar-refractivity contribution in [3.63, 3.8) is 0 Å². The van der Waals surface area contributed by atoms with E-state index in [0.717, 1.165) is 18.4 Å². The predicted molar refractivity (Wildman–Crippen MR) is 44.4 cm³/mol. The average Bonchev–Trinajstić information content (AvgIpc) is 2.13. The van der Waals surface area contributed by atoms with Crippen LogP contribution in [-0.4, -0.2) is 38.3 Å². The van der Waals surface area contributed by atoms with Gasteiger partial charge in [0.05, 0.1) is 6.61 Å². The number of rotatable bonds is 2. The van der Waals surface area contributed by atoms with Gasteiger partial charge in [-0.3, -0.25) is 4.90 Å². The summed E-state index contributed by atoms with van der Waals surface area (Å²) in [5.41, 5.74) is 0. The van der Waals surface area contributed by atoms with Gasteiger partial charge in [0.2, 0.25) is 0 Å². The number of likely N-dealkylation sites (N-methyl/N-ethyl adjacent to an activating group) is 1. The molecule has 1 fully saturated rings. The molecule has 0 unspecified atom stereocenters. The lowest BCUT2D eigenvalue weighted by Gasteiger charge is -2.26. The number of ether oxygens (including phenoxy) is 1. The Morgan fingerprint density at radius 3 is 2.82 bits per heavy atom. The van der Waals surface area contributed by atoms with Gasteiger partial charge in [0.25, 0.3) is 0 Å². The summed E-state index contributed by atoms with van der Waals surface area (Å²) in [6.07, 6.45) is 4.63. The van der Waals surface area contributed by atoms with Crippen LogP contribution in [0.1, 0.15) is 0 Å². The van der Waals surface area contributed by atoms with Gasteiger partial charge < -0.3 is 4.74 Å². The number of fused-ring (bicyclic) bond motifs is 1. The maximum absolute atomic E-state index is 5.17. The van der Waals surface area contributed by atoms with Gasteiger partial charge in [-0.2, -0.15) is 0 Å². The molecule has 0 radical (unpaired) electrons. The van der Waals surface area contributed by atoms with E-state index >= 15 is 0 Å². The van der Waals surface area contributed by atoms with Gasteiger partial charge in [0.1, 0.15) is 0 Å². The van der Waals surface area contributed by atoms with Crippen LogP contribution >= 0.6 is 0 Å². The molecule has 0 amide bonds. The third-order valence-electron chi connectivity index (χ3n) is 2.92. The Balaban J connectivity index is 2.01. The van der Waals surface area contributed by atoms with Gasteiger partial charge in [-0.25, -0.2) is 0 Å². The van der Waals surface area contributed by atoms with Crippen molar-refractivity contribution in [2.75, 3.05) is 27.3 Å². The SMILES string of the molecule is COC[C@@H]1[C@@H]2C=C[C@@H]2CN1C. The molecule has 0 N–H and O–H groups in total. The molecule has 2 heteroatoms. The van der Waals surface area contributed by atoms with Crippen molar-refractivity contribution in [2.24, 2.45) is 11.8 Å². The van der Waals surface area contributed by atoms with Gasteiger partial charge in [0, 0.05) is 25.6 Å². The first-order chi connectivity index (χ1) is 5.33. The zero-order valence-corrected chi connectivity index (χ0v) is 7.16. The van der Waals surface area contributed by atoms with Crippen LogP contribution in [0, 0.1) is 11.8 Å². The Bertz CT molecular complexity index is 178. The fourth-order valence-electron chi connectivity index (χ4n) is 2.16. The summed E-state index contributed by atoms with van der Waals surface area (Å²) >= 11 is 0. The van der Waals surface area contributed by atoms with Crippen LogP contribution in [-0.2, 0) is 4.74 Å². The topological polar surface area (TPSA) is 12.5 Å². The lowest BCUT2D eigenvalue weighted by Crippen LogP contribution is -2.33. The maximum atomic E-state index is 5.17. The highest BCUT2D eigenvalue weighted by atomic mass is 16.5. The number of likely N-dealkylation sites (tertiary alicyclic amines) is 1. The zero-order chi connectivity index (χ0) is 7.84. The first-order valence-electron chi connectivity index (χ1n) is 4.20. The number of hydrogen-bond acceptors (Lipinski definition) is 2. The minimum absolute atomic E-state index is 0.634. The molecule has 1 aliphatic heterocycles. The molecule has 0 spiro atoms. The summed E-state index contributed by atoms with van der Waals surface area (Å²) in [5.74, 6) is 1.60. The van der Waals surface area contributed by atoms with Gasteiger partial charge >= 0.3 is 0 Å². The van der Waals surface area contributed by atoms with Gasteiger partial charge in [0.15, 0.2) is 0 Å². The van der Waals surface area contributed by atoms with E-state index in [2.05, 4.69) is 24.1 Å². The molecule has 62 valence electrons. The van der Waals surface area contributed by atoms with E-state index in [9.17, 15) is 0 Å². The third-order valence-corrected chi connectivity index (χ3v) is 2.92. The molecule has 1 heterocycles. The molecule has 0 aromatic rings. The highest BCUT2D eigenvalue weighted by Crippen LogP contribution is 2.37. The molecule has 2 rings (SSSR count). The van der Waals surface area contributed by atoms with E-state index in [4.69, 9.17) is 4.74 Å². The quantitative estimate of drug-likeness (QED) is 0.543. The van der Waals surface area contributed by atoms with Gasteiger partial charge in [-0.1, -0.05) is 12.2 Å². The lowest BCUT2D eigenvalue weighted by atomic mass is 9.81. The summed E-state index contributed by atoms with van der Waals surface area (Å²) in [6.45, 7) is 2.09. The fourth-order valence-corrected chi connectivity index (χ4v) is 2.16. The minimum Gasteiger partial charge on any atom is -0.383 e. The standard InChI is InChI=1S/C9H15NO/c1-10-5-7-3-4-8(7)9(10)6-11-2/h3-4,7-9H,5-6H2,1-2H3/t7-,8-,9-/m1/s1. The minimum atomic E-state index is 0.634. The van der Waals surface area contributed by atoms with Crippen LogP contribution < -0.4 is 0 Å². The Labute approximate surface area is 67.8 Å². The van der Waals surface area contributed by atoms with Crippen LogP contribution in [0.2, 0.25) is 0 Å². The Morgan fingerprint density at radius 1 is 1.55 bits per heavy atom. The zero-order valence-electron chi connectivity index (χ0n) is 7.16. The number of methoxy groups -OCH3 is 1. The van der Waals surface area contributed by atoms with Gasteiger partial charge in [-0.15, -0.1) is 0 Å². The van der Waals surface area contributed by atoms with Crippen LogP contribution in [0.5, 0.6) is 0 Å². The van der Waals surface area contributed by atoms with Crippen LogP contribution in [0.15, 0.2) is 12.2 Å². The second kappa shape index (κ2) is 2.61. The highest BCUT2D eigenvalue weighted by Gasteiger charge is 2.40. The van der Waals surface area contributed by atoms with Crippen molar-refractivity contribution in [3.05, 3.63) is 12.2 Å². The van der Waals surface area contributed by atoms with Crippen LogP contribution in [0.25, 0.3) is 0 Å². The predicted octanol–water partition coefficient (Wildman–Crippen LogP) is 0.749. The summed E-state index contributed by atoms with van der Waals surface area (Å²) < 4.78 is 5.17. The first kappa shape index (κ1) is 7.32. The molecule has 11 heavy (non-hydrogen) atoms. The fraction of sp³-hybridized carbons (Fsp3) is 0.778. The van der Waals surface area contributed by atoms with Crippen molar-refractivity contribution in [3.8, 4) is 0 Å².